The lowest BCUT2D eigenvalue weighted by molar-refractivity contribution is 0.205. The fourth-order valence-corrected chi connectivity index (χ4v) is 2.48. The van der Waals surface area contributed by atoms with Crippen molar-refractivity contribution in [2.45, 2.75) is 32.7 Å². The van der Waals surface area contributed by atoms with Crippen molar-refractivity contribution < 1.29 is 9.94 Å². The molecule has 0 bridgehead atoms. The van der Waals surface area contributed by atoms with Gasteiger partial charge in [0.25, 0.3) is 0 Å². The maximum absolute atomic E-state index is 9.01. The highest BCUT2D eigenvalue weighted by Crippen LogP contribution is 2.34. The largest absolute Gasteiger partial charge is 0.409 e. The molecular formula is C14H22N4O2. The number of nitrogens with zero attached hydrogens (tertiary/aromatic N) is 3. The van der Waals surface area contributed by atoms with E-state index < -0.39 is 0 Å². The van der Waals surface area contributed by atoms with Crippen LogP contribution in [-0.4, -0.2) is 42.3 Å². The molecule has 0 unspecified atom stereocenters. The number of amidine groups is 1. The molecule has 1 heterocycles. The van der Waals surface area contributed by atoms with Crippen LogP contribution in [-0.2, 0) is 4.74 Å². The molecule has 0 atom stereocenters. The molecule has 1 aromatic rings. The number of hydrogen-bond acceptors (Lipinski definition) is 5. The van der Waals surface area contributed by atoms with Gasteiger partial charge < -0.3 is 20.6 Å². The van der Waals surface area contributed by atoms with Crippen LogP contribution in [0, 0.1) is 13.8 Å². The Morgan fingerprint density at radius 1 is 1.55 bits per heavy atom. The first-order chi connectivity index (χ1) is 9.58. The molecule has 0 aromatic carbocycles. The molecule has 1 aliphatic rings. The molecule has 2 rings (SSSR count). The second kappa shape index (κ2) is 6.09. The highest BCUT2D eigenvalue weighted by molar-refractivity contribution is 6.03. The van der Waals surface area contributed by atoms with Crippen LogP contribution in [0.5, 0.6) is 0 Å². The van der Waals surface area contributed by atoms with Crippen LogP contribution in [0.4, 0.5) is 5.69 Å². The molecule has 20 heavy (non-hydrogen) atoms. The molecule has 0 saturated heterocycles. The van der Waals surface area contributed by atoms with Crippen LogP contribution >= 0.6 is 0 Å². The maximum Gasteiger partial charge on any atom is 0.174 e. The third kappa shape index (κ3) is 3.01. The van der Waals surface area contributed by atoms with E-state index in [-0.39, 0.29) is 5.84 Å². The molecule has 1 aromatic heterocycles. The van der Waals surface area contributed by atoms with Crippen molar-refractivity contribution in [1.82, 2.24) is 4.98 Å². The number of hydrogen-bond donors (Lipinski definition) is 2. The van der Waals surface area contributed by atoms with Crippen LogP contribution < -0.4 is 10.6 Å². The molecule has 110 valence electrons. The second-order valence-electron chi connectivity index (χ2n) is 5.15. The van der Waals surface area contributed by atoms with Gasteiger partial charge in [0.1, 0.15) is 0 Å². The number of oxime groups is 1. The summed E-state index contributed by atoms with van der Waals surface area (Å²) in [5, 5.41) is 12.2. The van der Waals surface area contributed by atoms with Crippen molar-refractivity contribution in [2.75, 3.05) is 25.2 Å². The van der Waals surface area contributed by atoms with Crippen molar-refractivity contribution in [2.24, 2.45) is 10.9 Å². The van der Waals surface area contributed by atoms with Gasteiger partial charge in [0.15, 0.2) is 5.84 Å². The van der Waals surface area contributed by atoms with Crippen LogP contribution in [0.1, 0.15) is 29.8 Å². The van der Waals surface area contributed by atoms with Crippen LogP contribution in [0.3, 0.4) is 0 Å². The van der Waals surface area contributed by atoms with E-state index in [0.29, 0.717) is 18.2 Å². The Balaban J connectivity index is 2.46. The summed E-state index contributed by atoms with van der Waals surface area (Å²) in [7, 11) is 1.69. The van der Waals surface area contributed by atoms with Gasteiger partial charge in [0, 0.05) is 25.4 Å². The van der Waals surface area contributed by atoms with Gasteiger partial charge in [-0.05, 0) is 32.8 Å². The molecule has 0 amide bonds. The lowest BCUT2D eigenvalue weighted by Gasteiger charge is -2.27. The standard InChI is InChI=1S/C14H22N4O2/c1-9-8-12(13(10(2)16-9)14(15)17-19)18(6-7-20-3)11-4-5-11/h8,11,19H,4-7H2,1-3H3,(H2,15,17). The zero-order valence-electron chi connectivity index (χ0n) is 12.3. The molecular weight excluding hydrogens is 256 g/mol. The fraction of sp³-hybridized carbons (Fsp3) is 0.571. The third-order valence-corrected chi connectivity index (χ3v) is 3.50. The van der Waals surface area contributed by atoms with E-state index in [2.05, 4.69) is 15.0 Å². The third-order valence-electron chi connectivity index (χ3n) is 3.50. The molecule has 1 fully saturated rings. The summed E-state index contributed by atoms with van der Waals surface area (Å²) >= 11 is 0. The van der Waals surface area contributed by atoms with Gasteiger partial charge in [-0.25, -0.2) is 0 Å². The van der Waals surface area contributed by atoms with Crippen molar-refractivity contribution >= 4 is 11.5 Å². The molecule has 6 nitrogen and oxygen atoms in total. The zero-order valence-corrected chi connectivity index (χ0v) is 12.3. The summed E-state index contributed by atoms with van der Waals surface area (Å²) in [5.74, 6) is 0.105. The highest BCUT2D eigenvalue weighted by atomic mass is 16.5. The van der Waals surface area contributed by atoms with E-state index in [4.69, 9.17) is 15.7 Å². The Morgan fingerprint density at radius 2 is 2.25 bits per heavy atom. The molecule has 0 radical (unpaired) electrons. The zero-order chi connectivity index (χ0) is 14.7. The lowest BCUT2D eigenvalue weighted by atomic mass is 10.1. The van der Waals surface area contributed by atoms with Crippen LogP contribution in [0.15, 0.2) is 11.2 Å². The highest BCUT2D eigenvalue weighted by Gasteiger charge is 2.31. The van der Waals surface area contributed by atoms with Gasteiger partial charge in [0.05, 0.1) is 23.6 Å². The van der Waals surface area contributed by atoms with E-state index in [0.717, 1.165) is 23.6 Å². The van der Waals surface area contributed by atoms with E-state index in [1.54, 1.807) is 7.11 Å². The van der Waals surface area contributed by atoms with Crippen molar-refractivity contribution in [3.05, 3.63) is 23.0 Å². The molecule has 0 aliphatic heterocycles. The predicted octanol–water partition coefficient (Wildman–Crippen LogP) is 1.41. The summed E-state index contributed by atoms with van der Waals surface area (Å²) in [6, 6.07) is 2.51. The molecule has 6 heteroatoms. The molecule has 1 aliphatic carbocycles. The average molecular weight is 278 g/mol. The molecule has 1 saturated carbocycles. The molecule has 0 spiro atoms. The smallest absolute Gasteiger partial charge is 0.174 e. The number of anilines is 1. The summed E-state index contributed by atoms with van der Waals surface area (Å²) in [6.07, 6.45) is 2.33. The quantitative estimate of drug-likeness (QED) is 0.356. The summed E-state index contributed by atoms with van der Waals surface area (Å²) < 4.78 is 5.19. The monoisotopic (exact) mass is 278 g/mol. The maximum atomic E-state index is 9.01. The number of ether oxygens (including phenoxy) is 1. The Hall–Kier alpha value is -1.82. The molecule has 3 N–H and O–H groups in total. The minimum atomic E-state index is 0.105. The number of methoxy groups -OCH3 is 1. The first-order valence-electron chi connectivity index (χ1n) is 6.80. The van der Waals surface area contributed by atoms with E-state index in [1.807, 2.05) is 19.9 Å². The first-order valence-corrected chi connectivity index (χ1v) is 6.80. The minimum Gasteiger partial charge on any atom is -0.409 e. The summed E-state index contributed by atoms with van der Waals surface area (Å²) in [5.41, 5.74) is 9.22. The lowest BCUT2D eigenvalue weighted by Crippen LogP contribution is -2.32. The van der Waals surface area contributed by atoms with Crippen LogP contribution in [0.25, 0.3) is 0 Å². The average Bonchev–Trinajstić information content (AvgIpc) is 3.22. The van der Waals surface area contributed by atoms with E-state index in [1.165, 1.54) is 12.8 Å². The first kappa shape index (κ1) is 14.6. The minimum absolute atomic E-state index is 0.105. The van der Waals surface area contributed by atoms with Crippen molar-refractivity contribution in [1.29, 1.82) is 0 Å². The van der Waals surface area contributed by atoms with Gasteiger partial charge in [-0.1, -0.05) is 5.16 Å². The predicted molar refractivity (Wildman–Crippen MR) is 78.5 cm³/mol. The van der Waals surface area contributed by atoms with Gasteiger partial charge in [-0.3, -0.25) is 4.98 Å². The van der Waals surface area contributed by atoms with Gasteiger partial charge in [0.2, 0.25) is 0 Å². The fourth-order valence-electron chi connectivity index (χ4n) is 2.48. The Morgan fingerprint density at radius 3 is 2.80 bits per heavy atom. The van der Waals surface area contributed by atoms with Crippen molar-refractivity contribution in [3.8, 4) is 0 Å². The van der Waals surface area contributed by atoms with E-state index in [9.17, 15) is 0 Å². The van der Waals surface area contributed by atoms with Gasteiger partial charge in [-0.2, -0.15) is 0 Å². The Kier molecular flexibility index (Phi) is 4.44. The number of aryl methyl sites for hydroxylation is 2. The number of nitrogens with two attached hydrogens (primary N) is 1. The van der Waals surface area contributed by atoms with Gasteiger partial charge >= 0.3 is 0 Å². The Labute approximate surface area is 119 Å². The Bertz CT molecular complexity index is 512. The topological polar surface area (TPSA) is 84.0 Å². The summed E-state index contributed by atoms with van der Waals surface area (Å²) in [6.45, 7) is 5.27. The SMILES string of the molecule is COCCN(c1cc(C)nc(C)c1/C(N)=N/O)C1CC1. The number of rotatable bonds is 6. The van der Waals surface area contributed by atoms with Gasteiger partial charge in [-0.15, -0.1) is 0 Å². The van der Waals surface area contributed by atoms with E-state index >= 15 is 0 Å². The number of pyridine rings is 1. The summed E-state index contributed by atoms with van der Waals surface area (Å²) in [4.78, 5) is 6.69. The van der Waals surface area contributed by atoms with Crippen LogP contribution in [0.2, 0.25) is 0 Å². The van der Waals surface area contributed by atoms with Crippen molar-refractivity contribution in [3.63, 3.8) is 0 Å². The number of aromatic nitrogens is 1. The second-order valence-corrected chi connectivity index (χ2v) is 5.15. The normalized spacial score (nSPS) is 15.4.